The minimum absolute atomic E-state index is 0.526. The first kappa shape index (κ1) is 14.4. The van der Waals surface area contributed by atoms with E-state index >= 15 is 0 Å². The van der Waals surface area contributed by atoms with Gasteiger partial charge in [0.05, 0.1) is 18.2 Å². The molecule has 0 fully saturated rings. The Morgan fingerprint density at radius 1 is 1.00 bits per heavy atom. The first-order chi connectivity index (χ1) is 10.7. The minimum atomic E-state index is 0.526. The lowest BCUT2D eigenvalue weighted by molar-refractivity contribution is 0.303. The Morgan fingerprint density at radius 3 is 2.50 bits per heavy atom. The number of aryl methyl sites for hydroxylation is 1. The molecule has 0 radical (unpaired) electrons. The van der Waals surface area contributed by atoms with Gasteiger partial charge in [0, 0.05) is 5.39 Å². The summed E-state index contributed by atoms with van der Waals surface area (Å²) in [4.78, 5) is 4.55. The lowest BCUT2D eigenvalue weighted by Gasteiger charge is -2.15. The summed E-state index contributed by atoms with van der Waals surface area (Å²) in [5.74, 6) is 1.45. The molecule has 0 N–H and O–H groups in total. The number of methoxy groups -OCH3 is 1. The molecule has 0 unspecified atom stereocenters. The lowest BCUT2D eigenvalue weighted by Crippen LogP contribution is -2.01. The Labute approximate surface area is 130 Å². The van der Waals surface area contributed by atoms with E-state index in [1.807, 2.05) is 37.3 Å². The molecule has 0 spiro atoms. The van der Waals surface area contributed by atoms with Crippen LogP contribution in [-0.4, -0.2) is 12.1 Å². The summed E-state index contributed by atoms with van der Waals surface area (Å²) in [6.45, 7) is 4.58. The molecule has 0 saturated carbocycles. The highest BCUT2D eigenvalue weighted by molar-refractivity contribution is 5.88. The Balaban J connectivity index is 2.05. The van der Waals surface area contributed by atoms with Crippen LogP contribution in [0.1, 0.15) is 16.7 Å². The summed E-state index contributed by atoms with van der Waals surface area (Å²) in [5.41, 5.74) is 4.13. The molecule has 0 bridgehead atoms. The predicted octanol–water partition coefficient (Wildman–Crippen LogP) is 4.44. The molecule has 1 aromatic heterocycles. The third-order valence-corrected chi connectivity index (χ3v) is 3.70. The van der Waals surface area contributed by atoms with E-state index in [9.17, 15) is 0 Å². The van der Waals surface area contributed by atoms with Gasteiger partial charge >= 0.3 is 0 Å². The van der Waals surface area contributed by atoms with Crippen LogP contribution in [0.4, 0.5) is 0 Å². The first-order valence-electron chi connectivity index (χ1n) is 7.30. The van der Waals surface area contributed by atoms with Gasteiger partial charge in [0.1, 0.15) is 12.4 Å². The smallest absolute Gasteiger partial charge is 0.220 e. The van der Waals surface area contributed by atoms with Crippen molar-refractivity contribution >= 4 is 10.9 Å². The summed E-state index contributed by atoms with van der Waals surface area (Å²) in [6.07, 6.45) is 0. The van der Waals surface area contributed by atoms with Crippen molar-refractivity contribution in [1.29, 1.82) is 0 Å². The lowest BCUT2D eigenvalue weighted by atomic mass is 10.1. The van der Waals surface area contributed by atoms with Crippen LogP contribution >= 0.6 is 0 Å². The van der Waals surface area contributed by atoms with Crippen molar-refractivity contribution in [3.05, 3.63) is 65.2 Å². The second kappa shape index (κ2) is 6.06. The third kappa shape index (κ3) is 2.75. The average Bonchev–Trinajstić information content (AvgIpc) is 2.54. The average molecular weight is 293 g/mol. The van der Waals surface area contributed by atoms with Gasteiger partial charge in [0.25, 0.3) is 0 Å². The number of ether oxygens (including phenoxy) is 2. The molecule has 0 amide bonds. The van der Waals surface area contributed by atoms with Gasteiger partial charge in [-0.3, -0.25) is 0 Å². The predicted molar refractivity (Wildman–Crippen MR) is 88.5 cm³/mol. The Bertz CT molecular complexity index is 797. The van der Waals surface area contributed by atoms with E-state index in [0.717, 1.165) is 27.8 Å². The summed E-state index contributed by atoms with van der Waals surface area (Å²) in [7, 11) is 1.64. The fourth-order valence-electron chi connectivity index (χ4n) is 2.54. The quantitative estimate of drug-likeness (QED) is 0.712. The molecular formula is C19H19NO2. The molecule has 3 nitrogen and oxygen atoms in total. The van der Waals surface area contributed by atoms with Crippen molar-refractivity contribution in [3.63, 3.8) is 0 Å². The standard InChI is InChI=1S/C19H19NO2/c1-13-9-10-17-16(11-13)18(14(2)19(20-17)21-3)22-12-15-7-5-4-6-8-15/h4-11H,12H2,1-3H3. The summed E-state index contributed by atoms with van der Waals surface area (Å²) >= 11 is 0. The van der Waals surface area contributed by atoms with Crippen LogP contribution in [0.5, 0.6) is 11.6 Å². The van der Waals surface area contributed by atoms with Crippen LogP contribution in [0.25, 0.3) is 10.9 Å². The number of pyridine rings is 1. The van der Waals surface area contributed by atoms with Crippen LogP contribution in [0.3, 0.4) is 0 Å². The maximum absolute atomic E-state index is 6.11. The van der Waals surface area contributed by atoms with E-state index < -0.39 is 0 Å². The van der Waals surface area contributed by atoms with Crippen LogP contribution in [0, 0.1) is 13.8 Å². The maximum atomic E-state index is 6.11. The number of nitrogens with zero attached hydrogens (tertiary/aromatic N) is 1. The van der Waals surface area contributed by atoms with Crippen molar-refractivity contribution in [2.24, 2.45) is 0 Å². The second-order valence-corrected chi connectivity index (χ2v) is 5.37. The fraction of sp³-hybridized carbons (Fsp3) is 0.211. The van der Waals surface area contributed by atoms with Crippen LogP contribution in [0.15, 0.2) is 48.5 Å². The monoisotopic (exact) mass is 293 g/mol. The number of hydrogen-bond acceptors (Lipinski definition) is 3. The molecule has 22 heavy (non-hydrogen) atoms. The van der Waals surface area contributed by atoms with Crippen molar-refractivity contribution in [3.8, 4) is 11.6 Å². The zero-order chi connectivity index (χ0) is 15.5. The van der Waals surface area contributed by atoms with Crippen LogP contribution < -0.4 is 9.47 Å². The molecule has 0 aliphatic carbocycles. The molecule has 3 aromatic rings. The van der Waals surface area contributed by atoms with Crippen LogP contribution in [0.2, 0.25) is 0 Å². The first-order valence-corrected chi connectivity index (χ1v) is 7.30. The van der Waals surface area contributed by atoms with Crippen molar-refractivity contribution in [2.45, 2.75) is 20.5 Å². The Kier molecular flexibility index (Phi) is 3.96. The topological polar surface area (TPSA) is 31.4 Å². The van der Waals surface area contributed by atoms with Gasteiger partial charge in [-0.15, -0.1) is 0 Å². The molecular weight excluding hydrogens is 274 g/mol. The highest BCUT2D eigenvalue weighted by Crippen LogP contribution is 2.34. The molecule has 1 heterocycles. The maximum Gasteiger partial charge on any atom is 0.220 e. The van der Waals surface area contributed by atoms with E-state index in [1.54, 1.807) is 7.11 Å². The fourth-order valence-corrected chi connectivity index (χ4v) is 2.54. The second-order valence-electron chi connectivity index (χ2n) is 5.37. The number of benzene rings is 2. The molecule has 3 rings (SSSR count). The summed E-state index contributed by atoms with van der Waals surface area (Å²) in [5, 5.41) is 1.02. The SMILES string of the molecule is COc1nc2ccc(C)cc2c(OCc2ccccc2)c1C. The van der Waals surface area contributed by atoms with Gasteiger partial charge in [0.2, 0.25) is 5.88 Å². The number of aromatic nitrogens is 1. The van der Waals surface area contributed by atoms with E-state index in [1.165, 1.54) is 5.56 Å². The van der Waals surface area contributed by atoms with Crippen LogP contribution in [-0.2, 0) is 6.61 Å². The Hall–Kier alpha value is -2.55. The van der Waals surface area contributed by atoms with Gasteiger partial charge in [-0.05, 0) is 31.5 Å². The third-order valence-electron chi connectivity index (χ3n) is 3.70. The Morgan fingerprint density at radius 2 is 1.77 bits per heavy atom. The molecule has 0 saturated heterocycles. The molecule has 0 aliphatic rings. The van der Waals surface area contributed by atoms with Crippen molar-refractivity contribution in [2.75, 3.05) is 7.11 Å². The van der Waals surface area contributed by atoms with Gasteiger partial charge in [0.15, 0.2) is 0 Å². The minimum Gasteiger partial charge on any atom is -0.488 e. The van der Waals surface area contributed by atoms with Crippen molar-refractivity contribution in [1.82, 2.24) is 4.98 Å². The van der Waals surface area contributed by atoms with Crippen molar-refractivity contribution < 1.29 is 9.47 Å². The molecule has 0 atom stereocenters. The van der Waals surface area contributed by atoms with Gasteiger partial charge in [-0.25, -0.2) is 4.98 Å². The number of fused-ring (bicyclic) bond motifs is 1. The van der Waals surface area contributed by atoms with E-state index in [2.05, 4.69) is 30.1 Å². The van der Waals surface area contributed by atoms with E-state index in [0.29, 0.717) is 12.5 Å². The zero-order valence-electron chi connectivity index (χ0n) is 13.1. The summed E-state index contributed by atoms with van der Waals surface area (Å²) in [6, 6.07) is 16.3. The highest BCUT2D eigenvalue weighted by atomic mass is 16.5. The van der Waals surface area contributed by atoms with E-state index in [-0.39, 0.29) is 0 Å². The summed E-state index contributed by atoms with van der Waals surface area (Å²) < 4.78 is 11.5. The van der Waals surface area contributed by atoms with Gasteiger partial charge in [-0.2, -0.15) is 0 Å². The highest BCUT2D eigenvalue weighted by Gasteiger charge is 2.14. The zero-order valence-corrected chi connectivity index (χ0v) is 13.1. The van der Waals surface area contributed by atoms with Gasteiger partial charge < -0.3 is 9.47 Å². The molecule has 2 aromatic carbocycles. The molecule has 0 aliphatic heterocycles. The molecule has 3 heteroatoms. The van der Waals surface area contributed by atoms with Gasteiger partial charge in [-0.1, -0.05) is 42.0 Å². The normalized spacial score (nSPS) is 10.7. The largest absolute Gasteiger partial charge is 0.488 e. The number of rotatable bonds is 4. The number of hydrogen-bond donors (Lipinski definition) is 0. The molecule has 112 valence electrons. The van der Waals surface area contributed by atoms with E-state index in [4.69, 9.17) is 9.47 Å².